The Labute approximate surface area is 205 Å². The Balaban J connectivity index is 2.16. The third-order valence-electron chi connectivity index (χ3n) is 5.55. The molecule has 2 N–H and O–H groups in total. The van der Waals surface area contributed by atoms with E-state index in [0.717, 1.165) is 22.4 Å². The molecule has 6 nitrogen and oxygen atoms in total. The van der Waals surface area contributed by atoms with Crippen molar-refractivity contribution in [1.82, 2.24) is 0 Å². The lowest BCUT2D eigenvalue weighted by molar-refractivity contribution is -0.575. The van der Waals surface area contributed by atoms with Crippen LogP contribution in [0.4, 0.5) is 11.4 Å². The van der Waals surface area contributed by atoms with Gasteiger partial charge in [0, 0.05) is 35.0 Å². The zero-order chi connectivity index (χ0) is 25.2. The number of hydrogen-bond donors (Lipinski definition) is 2. The van der Waals surface area contributed by atoms with Crippen molar-refractivity contribution in [3.8, 4) is 0 Å². The Morgan fingerprint density at radius 3 is 2.12 bits per heavy atom. The number of nitro benzene ring substituents is 1. The van der Waals surface area contributed by atoms with Crippen molar-refractivity contribution in [3.05, 3.63) is 98.9 Å². The maximum Gasteiger partial charge on any atom is 0.288 e. The Morgan fingerprint density at radius 1 is 1.00 bits per heavy atom. The van der Waals surface area contributed by atoms with E-state index >= 15 is 0 Å². The average Bonchev–Trinajstić information content (AvgIpc) is 2.73. The molecule has 0 saturated carbocycles. The summed E-state index contributed by atoms with van der Waals surface area (Å²) in [6.45, 7) is 12.0. The first-order chi connectivity index (χ1) is 15.9. The largest absolute Gasteiger partial charge is 0.502 e. The SMILES string of the molecule is Cc1cc(C)cc(NC(=S)/C(=C(\O)c2ccc(C)c([N+](=O)[O-])c2)[n+]2ccc(C(C)(C)C)cc2)c1. The number of thiocarbonyl (C=S) groups is 1. The number of anilines is 1. The van der Waals surface area contributed by atoms with Crippen LogP contribution < -0.4 is 9.88 Å². The first kappa shape index (κ1) is 25.1. The predicted molar refractivity (Wildman–Crippen MR) is 141 cm³/mol. The standard InChI is InChI=1S/C27H29N3O3S/c1-17-13-18(2)15-22(14-17)28-26(34)24(29-11-9-21(10-12-29)27(4,5)6)25(31)20-8-7-19(3)23(16-20)30(32)33/h7-16H,1-6H3,(H-,28,31,34)/p+1. The lowest BCUT2D eigenvalue weighted by Gasteiger charge is -2.18. The van der Waals surface area contributed by atoms with Crippen LogP contribution in [0.2, 0.25) is 0 Å². The van der Waals surface area contributed by atoms with Crippen LogP contribution >= 0.6 is 12.2 Å². The van der Waals surface area contributed by atoms with Crippen LogP contribution in [0, 0.1) is 30.9 Å². The molecule has 0 amide bonds. The summed E-state index contributed by atoms with van der Waals surface area (Å²) < 4.78 is 1.73. The molecule has 0 radical (unpaired) electrons. The van der Waals surface area contributed by atoms with E-state index in [1.165, 1.54) is 6.07 Å². The highest BCUT2D eigenvalue weighted by atomic mass is 32.1. The number of aryl methyl sites for hydroxylation is 3. The molecule has 0 fully saturated rings. The van der Waals surface area contributed by atoms with Crippen molar-refractivity contribution in [3.63, 3.8) is 0 Å². The quantitative estimate of drug-likeness (QED) is 0.111. The summed E-state index contributed by atoms with van der Waals surface area (Å²) in [5.74, 6) is -0.154. The van der Waals surface area contributed by atoms with Crippen LogP contribution in [0.15, 0.2) is 60.9 Å². The number of nitro groups is 1. The van der Waals surface area contributed by atoms with Crippen LogP contribution in [0.1, 0.15) is 48.6 Å². The summed E-state index contributed by atoms with van der Waals surface area (Å²) in [7, 11) is 0. The van der Waals surface area contributed by atoms with E-state index in [4.69, 9.17) is 12.2 Å². The molecule has 7 heteroatoms. The number of aliphatic hydroxyl groups is 1. The molecule has 0 bridgehead atoms. The van der Waals surface area contributed by atoms with Crippen LogP contribution in [0.3, 0.4) is 0 Å². The van der Waals surface area contributed by atoms with E-state index in [1.54, 1.807) is 23.6 Å². The highest BCUT2D eigenvalue weighted by Crippen LogP contribution is 2.26. The number of aliphatic hydroxyl groups excluding tert-OH is 1. The Morgan fingerprint density at radius 2 is 1.59 bits per heavy atom. The molecule has 3 aromatic rings. The first-order valence-corrected chi connectivity index (χ1v) is 11.4. The normalized spacial score (nSPS) is 12.2. The van der Waals surface area contributed by atoms with E-state index in [2.05, 4.69) is 32.2 Å². The number of rotatable bonds is 5. The van der Waals surface area contributed by atoms with Gasteiger partial charge in [-0.3, -0.25) is 10.1 Å². The lowest BCUT2D eigenvalue weighted by atomic mass is 9.88. The fourth-order valence-electron chi connectivity index (χ4n) is 3.75. The molecule has 0 atom stereocenters. The zero-order valence-electron chi connectivity index (χ0n) is 20.3. The molecule has 34 heavy (non-hydrogen) atoms. The van der Waals surface area contributed by atoms with E-state index in [9.17, 15) is 15.2 Å². The Bertz CT molecular complexity index is 1270. The van der Waals surface area contributed by atoms with Gasteiger partial charge in [0.25, 0.3) is 11.4 Å². The van der Waals surface area contributed by atoms with Crippen molar-refractivity contribution in [2.75, 3.05) is 5.32 Å². The Kier molecular flexibility index (Phi) is 7.17. The van der Waals surface area contributed by atoms with E-state index in [0.29, 0.717) is 21.8 Å². The van der Waals surface area contributed by atoms with Gasteiger partial charge in [0.15, 0.2) is 23.1 Å². The van der Waals surface area contributed by atoms with Gasteiger partial charge < -0.3 is 10.4 Å². The summed E-state index contributed by atoms with van der Waals surface area (Å²) in [5, 5.41) is 26.0. The first-order valence-electron chi connectivity index (χ1n) is 11.0. The number of nitrogens with one attached hydrogen (secondary N) is 1. The number of hydrogen-bond acceptors (Lipinski definition) is 4. The van der Waals surface area contributed by atoms with Crippen LogP contribution in [-0.2, 0) is 5.41 Å². The second-order valence-corrected chi connectivity index (χ2v) is 9.94. The van der Waals surface area contributed by atoms with Gasteiger partial charge in [0.05, 0.1) is 4.92 Å². The summed E-state index contributed by atoms with van der Waals surface area (Å²) >= 11 is 5.74. The maximum atomic E-state index is 11.5. The van der Waals surface area contributed by atoms with Crippen molar-refractivity contribution in [2.24, 2.45) is 0 Å². The zero-order valence-corrected chi connectivity index (χ0v) is 21.2. The van der Waals surface area contributed by atoms with Crippen molar-refractivity contribution >= 4 is 40.0 Å². The molecular weight excluding hydrogens is 446 g/mol. The minimum atomic E-state index is -0.455. The van der Waals surface area contributed by atoms with E-state index in [-0.39, 0.29) is 16.9 Å². The Hall–Kier alpha value is -3.58. The second-order valence-electron chi connectivity index (χ2n) is 9.53. The van der Waals surface area contributed by atoms with Crippen LogP contribution in [-0.4, -0.2) is 15.0 Å². The van der Waals surface area contributed by atoms with Crippen molar-refractivity contribution < 1.29 is 14.6 Å². The third-order valence-corrected chi connectivity index (χ3v) is 5.85. The van der Waals surface area contributed by atoms with Gasteiger partial charge >= 0.3 is 0 Å². The van der Waals surface area contributed by atoms with Crippen molar-refractivity contribution in [1.29, 1.82) is 0 Å². The maximum absolute atomic E-state index is 11.5. The fourth-order valence-corrected chi connectivity index (χ4v) is 4.07. The third kappa shape index (κ3) is 5.66. The average molecular weight is 477 g/mol. The monoisotopic (exact) mass is 476 g/mol. The number of pyridine rings is 1. The van der Waals surface area contributed by atoms with Gasteiger partial charge in [-0.1, -0.05) is 51.2 Å². The van der Waals surface area contributed by atoms with E-state index in [1.807, 2.05) is 50.5 Å². The lowest BCUT2D eigenvalue weighted by Crippen LogP contribution is -2.39. The van der Waals surface area contributed by atoms with Crippen LogP contribution in [0.25, 0.3) is 11.5 Å². The summed E-state index contributed by atoms with van der Waals surface area (Å²) in [6.07, 6.45) is 3.68. The second kappa shape index (κ2) is 9.73. The molecule has 0 spiro atoms. The molecule has 0 aliphatic carbocycles. The highest BCUT2D eigenvalue weighted by molar-refractivity contribution is 7.81. The molecule has 3 rings (SSSR count). The molecule has 0 aliphatic heterocycles. The van der Waals surface area contributed by atoms with Crippen LogP contribution in [0.5, 0.6) is 0 Å². The minimum Gasteiger partial charge on any atom is -0.502 e. The molecule has 1 heterocycles. The smallest absolute Gasteiger partial charge is 0.288 e. The number of nitrogens with zero attached hydrogens (tertiary/aromatic N) is 2. The van der Waals surface area contributed by atoms with Gasteiger partial charge in [0.1, 0.15) is 0 Å². The minimum absolute atomic E-state index is 0.0412. The number of aromatic nitrogens is 1. The number of benzene rings is 2. The van der Waals surface area contributed by atoms with Crippen molar-refractivity contribution in [2.45, 2.75) is 47.0 Å². The topological polar surface area (TPSA) is 79.3 Å². The molecule has 0 saturated heterocycles. The highest BCUT2D eigenvalue weighted by Gasteiger charge is 2.26. The molecule has 2 aromatic carbocycles. The predicted octanol–water partition coefficient (Wildman–Crippen LogP) is 6.43. The van der Waals surface area contributed by atoms with E-state index < -0.39 is 4.92 Å². The molecular formula is C27H30N3O3S+. The van der Waals surface area contributed by atoms with Gasteiger partial charge in [0.2, 0.25) is 0 Å². The molecule has 1 aromatic heterocycles. The van der Waals surface area contributed by atoms with Gasteiger partial charge in [-0.15, -0.1) is 0 Å². The fraction of sp³-hybridized carbons (Fsp3) is 0.259. The molecule has 0 aliphatic rings. The molecule has 0 unspecified atom stereocenters. The van der Waals surface area contributed by atoms with Gasteiger partial charge in [-0.05, 0) is 55.0 Å². The molecule has 176 valence electrons. The summed E-state index contributed by atoms with van der Waals surface area (Å²) in [4.78, 5) is 11.3. The van der Waals surface area contributed by atoms with Gasteiger partial charge in [-0.2, -0.15) is 4.57 Å². The summed E-state index contributed by atoms with van der Waals surface area (Å²) in [6, 6.07) is 14.6. The van der Waals surface area contributed by atoms with Gasteiger partial charge in [-0.25, -0.2) is 0 Å². The summed E-state index contributed by atoms with van der Waals surface area (Å²) in [5.41, 5.74) is 5.13.